The Kier molecular flexibility index (Phi) is 7.91. The van der Waals surface area contributed by atoms with E-state index in [-0.39, 0.29) is 16.0 Å². The van der Waals surface area contributed by atoms with Gasteiger partial charge >= 0.3 is 0 Å². The normalized spacial score (nSPS) is 17.9. The highest BCUT2D eigenvalue weighted by Crippen LogP contribution is 2.27. The van der Waals surface area contributed by atoms with Gasteiger partial charge in [0, 0.05) is 19.6 Å². The molecular formula is C21H27ClN2O4S. The van der Waals surface area contributed by atoms with Crippen molar-refractivity contribution in [2.24, 2.45) is 0 Å². The van der Waals surface area contributed by atoms with Gasteiger partial charge in [-0.3, -0.25) is 4.90 Å². The molecule has 2 aromatic rings. The van der Waals surface area contributed by atoms with E-state index < -0.39 is 10.0 Å². The minimum Gasteiger partial charge on any atom is -0.495 e. The number of nitrogens with one attached hydrogen (secondary N) is 1. The minimum atomic E-state index is -3.58. The van der Waals surface area contributed by atoms with Crippen molar-refractivity contribution in [1.29, 1.82) is 0 Å². The molecule has 0 spiro atoms. The monoisotopic (exact) mass is 438 g/mol. The number of morpholine rings is 1. The molecule has 1 aliphatic rings. The quantitative estimate of drug-likeness (QED) is 0.607. The topological polar surface area (TPSA) is 67.9 Å². The number of unbranched alkanes of at least 4 members (excludes halogenated alkanes) is 1. The Morgan fingerprint density at radius 1 is 1.21 bits per heavy atom. The van der Waals surface area contributed by atoms with Crippen molar-refractivity contribution < 1.29 is 17.9 Å². The lowest BCUT2D eigenvalue weighted by atomic mass is 10.1. The number of halogens is 1. The first-order valence-corrected chi connectivity index (χ1v) is 11.6. The molecule has 1 aliphatic heterocycles. The molecular weight excluding hydrogens is 412 g/mol. The largest absolute Gasteiger partial charge is 0.495 e. The average molecular weight is 439 g/mol. The molecule has 0 bridgehead atoms. The molecule has 1 atom stereocenters. The molecule has 1 fully saturated rings. The number of benzene rings is 2. The zero-order valence-electron chi connectivity index (χ0n) is 16.5. The van der Waals surface area contributed by atoms with Crippen LogP contribution in [-0.2, 0) is 14.8 Å². The summed E-state index contributed by atoms with van der Waals surface area (Å²) >= 11 is 6.03. The number of hydrogen-bond acceptors (Lipinski definition) is 5. The lowest BCUT2D eigenvalue weighted by Crippen LogP contribution is -2.39. The van der Waals surface area contributed by atoms with Crippen molar-refractivity contribution in [3.05, 3.63) is 59.1 Å². The van der Waals surface area contributed by atoms with E-state index in [2.05, 4.69) is 21.8 Å². The van der Waals surface area contributed by atoms with Crippen molar-refractivity contribution in [2.45, 2.75) is 23.8 Å². The summed E-state index contributed by atoms with van der Waals surface area (Å²) in [6, 6.07) is 14.7. The Bertz CT molecular complexity index is 893. The maximum Gasteiger partial charge on any atom is 0.240 e. The second-order valence-electron chi connectivity index (χ2n) is 6.97. The maximum atomic E-state index is 12.4. The third-order valence-corrected chi connectivity index (χ3v) is 6.70. The number of sulfonamides is 1. The molecule has 0 amide bonds. The lowest BCUT2D eigenvalue weighted by molar-refractivity contribution is -0.0303. The first kappa shape index (κ1) is 22.1. The number of ether oxygens (including phenoxy) is 2. The van der Waals surface area contributed by atoms with Gasteiger partial charge in [0.05, 0.1) is 29.7 Å². The molecule has 0 aliphatic carbocycles. The highest BCUT2D eigenvalue weighted by molar-refractivity contribution is 7.89. The van der Waals surface area contributed by atoms with Gasteiger partial charge in [-0.1, -0.05) is 41.9 Å². The molecule has 1 N–H and O–H groups in total. The van der Waals surface area contributed by atoms with Crippen molar-refractivity contribution in [3.63, 3.8) is 0 Å². The molecule has 6 nitrogen and oxygen atoms in total. The van der Waals surface area contributed by atoms with Gasteiger partial charge in [0.1, 0.15) is 5.75 Å². The number of hydrogen-bond donors (Lipinski definition) is 1. The predicted molar refractivity (Wildman–Crippen MR) is 114 cm³/mol. The summed E-state index contributed by atoms with van der Waals surface area (Å²) in [4.78, 5) is 2.51. The van der Waals surface area contributed by atoms with Gasteiger partial charge in [0.2, 0.25) is 10.0 Å². The Hall–Kier alpha value is -1.64. The molecule has 0 aromatic heterocycles. The van der Waals surface area contributed by atoms with Gasteiger partial charge < -0.3 is 9.47 Å². The average Bonchev–Trinajstić information content (AvgIpc) is 2.74. The maximum absolute atomic E-state index is 12.4. The molecule has 2 aromatic carbocycles. The number of methoxy groups -OCH3 is 1. The van der Waals surface area contributed by atoms with Crippen LogP contribution in [0.2, 0.25) is 5.02 Å². The Labute approximate surface area is 177 Å². The van der Waals surface area contributed by atoms with Gasteiger partial charge in [0.15, 0.2) is 0 Å². The zero-order valence-corrected chi connectivity index (χ0v) is 18.1. The summed E-state index contributed by atoms with van der Waals surface area (Å²) in [6.45, 7) is 3.78. The van der Waals surface area contributed by atoms with Gasteiger partial charge in [-0.15, -0.1) is 0 Å². The van der Waals surface area contributed by atoms with E-state index in [1.54, 1.807) is 6.07 Å². The van der Waals surface area contributed by atoms with E-state index in [4.69, 9.17) is 21.1 Å². The van der Waals surface area contributed by atoms with Crippen LogP contribution in [0.15, 0.2) is 53.4 Å². The SMILES string of the molecule is COc1ccc(S(=O)(=O)NCCCCN2CCO[C@@H](c3ccccc3)C2)cc1Cl. The van der Waals surface area contributed by atoms with Crippen LogP contribution in [0.3, 0.4) is 0 Å². The molecule has 1 heterocycles. The van der Waals surface area contributed by atoms with E-state index in [1.165, 1.54) is 24.8 Å². The van der Waals surface area contributed by atoms with Crippen LogP contribution in [0.25, 0.3) is 0 Å². The Morgan fingerprint density at radius 2 is 2.00 bits per heavy atom. The molecule has 3 rings (SSSR count). The van der Waals surface area contributed by atoms with Gasteiger partial charge in [-0.2, -0.15) is 0 Å². The lowest BCUT2D eigenvalue weighted by Gasteiger charge is -2.33. The Balaban J connectivity index is 1.42. The summed E-state index contributed by atoms with van der Waals surface area (Å²) in [6.07, 6.45) is 1.77. The molecule has 0 radical (unpaired) electrons. The molecule has 8 heteroatoms. The summed E-state index contributed by atoms with van der Waals surface area (Å²) < 4.78 is 38.4. The van der Waals surface area contributed by atoms with Crippen LogP contribution >= 0.6 is 11.6 Å². The summed E-state index contributed by atoms with van der Waals surface area (Å²) in [5.74, 6) is 0.449. The second-order valence-corrected chi connectivity index (χ2v) is 9.15. The third kappa shape index (κ3) is 6.17. The van der Waals surface area contributed by atoms with Crippen LogP contribution in [-0.4, -0.2) is 53.2 Å². The van der Waals surface area contributed by atoms with Crippen molar-refractivity contribution in [3.8, 4) is 5.75 Å². The van der Waals surface area contributed by atoms with Gasteiger partial charge in [-0.05, 0) is 43.1 Å². The number of nitrogens with zero attached hydrogens (tertiary/aromatic N) is 1. The summed E-state index contributed by atoms with van der Waals surface area (Å²) in [5.41, 5.74) is 1.20. The van der Waals surface area contributed by atoms with E-state index in [0.717, 1.165) is 32.5 Å². The van der Waals surface area contributed by atoms with Gasteiger partial charge in [-0.25, -0.2) is 13.1 Å². The van der Waals surface area contributed by atoms with E-state index in [1.807, 2.05) is 18.2 Å². The molecule has 1 saturated heterocycles. The zero-order chi connectivity index (χ0) is 20.7. The van der Waals surface area contributed by atoms with E-state index in [0.29, 0.717) is 18.9 Å². The van der Waals surface area contributed by atoms with E-state index >= 15 is 0 Å². The van der Waals surface area contributed by atoms with Crippen molar-refractivity contribution >= 4 is 21.6 Å². The first-order valence-electron chi connectivity index (χ1n) is 9.72. The van der Waals surface area contributed by atoms with Crippen LogP contribution in [0.5, 0.6) is 5.75 Å². The highest BCUT2D eigenvalue weighted by atomic mass is 35.5. The van der Waals surface area contributed by atoms with E-state index in [9.17, 15) is 8.42 Å². The van der Waals surface area contributed by atoms with Crippen molar-refractivity contribution in [1.82, 2.24) is 9.62 Å². The summed E-state index contributed by atoms with van der Waals surface area (Å²) in [5, 5.41) is 0.274. The molecule has 158 valence electrons. The Morgan fingerprint density at radius 3 is 2.72 bits per heavy atom. The number of rotatable bonds is 9. The molecule has 0 unspecified atom stereocenters. The predicted octanol–water partition coefficient (Wildman–Crippen LogP) is 3.48. The molecule has 29 heavy (non-hydrogen) atoms. The first-order chi connectivity index (χ1) is 14.0. The van der Waals surface area contributed by atoms with Crippen LogP contribution in [0.4, 0.5) is 0 Å². The smallest absolute Gasteiger partial charge is 0.240 e. The standard InChI is InChI=1S/C21H27ClN2O4S/c1-27-20-10-9-18(15-19(20)22)29(25,26)23-11-5-6-12-24-13-14-28-21(16-24)17-7-3-2-4-8-17/h2-4,7-10,15,21,23H,5-6,11-14,16H2,1H3/t21-/m1/s1. The van der Waals surface area contributed by atoms with Crippen LogP contribution in [0, 0.1) is 0 Å². The third-order valence-electron chi connectivity index (χ3n) is 4.95. The summed E-state index contributed by atoms with van der Waals surface area (Å²) in [7, 11) is -2.09. The fourth-order valence-corrected chi connectivity index (χ4v) is 4.76. The van der Waals surface area contributed by atoms with Crippen LogP contribution in [0.1, 0.15) is 24.5 Å². The van der Waals surface area contributed by atoms with Crippen molar-refractivity contribution in [2.75, 3.05) is 39.9 Å². The molecule has 0 saturated carbocycles. The fourth-order valence-electron chi connectivity index (χ4n) is 3.34. The van der Waals surface area contributed by atoms with Crippen LogP contribution < -0.4 is 9.46 Å². The van der Waals surface area contributed by atoms with Gasteiger partial charge in [0.25, 0.3) is 0 Å². The second kappa shape index (κ2) is 10.4. The minimum absolute atomic E-state index is 0.100. The highest BCUT2D eigenvalue weighted by Gasteiger charge is 2.21. The fraction of sp³-hybridized carbons (Fsp3) is 0.429.